The summed E-state index contributed by atoms with van der Waals surface area (Å²) in [6, 6.07) is 10.0. The predicted octanol–water partition coefficient (Wildman–Crippen LogP) is 2.69. The van der Waals surface area contributed by atoms with Crippen LogP contribution < -0.4 is 0 Å². The maximum Gasteiger partial charge on any atom is 0.137 e. The Labute approximate surface area is 127 Å². The van der Waals surface area contributed by atoms with Crippen molar-refractivity contribution in [2.24, 2.45) is 7.05 Å². The highest BCUT2D eigenvalue weighted by atomic mass is 16.3. The van der Waals surface area contributed by atoms with Gasteiger partial charge in [-0.2, -0.15) is 0 Å². The van der Waals surface area contributed by atoms with Gasteiger partial charge in [0.15, 0.2) is 0 Å². The molecule has 1 N–H and O–H groups in total. The summed E-state index contributed by atoms with van der Waals surface area (Å²) < 4.78 is 4.02. The minimum atomic E-state index is 0.0304. The van der Waals surface area contributed by atoms with E-state index in [1.165, 1.54) is 0 Å². The van der Waals surface area contributed by atoms with E-state index in [2.05, 4.69) is 32.7 Å². The summed E-state index contributed by atoms with van der Waals surface area (Å²) in [5, 5.41) is 9.22. The average molecular weight is 292 g/mol. The van der Waals surface area contributed by atoms with E-state index in [1.54, 1.807) is 0 Å². The Morgan fingerprint density at radius 3 is 2.77 bits per heavy atom. The number of aliphatic hydroxyl groups is 1. The zero-order valence-electron chi connectivity index (χ0n) is 12.5. The molecule has 3 aromatic heterocycles. The first-order valence-corrected chi connectivity index (χ1v) is 7.17. The number of aryl methyl sites for hydroxylation is 2. The van der Waals surface area contributed by atoms with Crippen LogP contribution in [-0.4, -0.2) is 24.0 Å². The van der Waals surface area contributed by atoms with Gasteiger partial charge < -0.3 is 14.1 Å². The molecule has 0 bridgehead atoms. The lowest BCUT2D eigenvalue weighted by Gasteiger charge is -1.98. The Morgan fingerprint density at radius 1 is 1.09 bits per heavy atom. The summed E-state index contributed by atoms with van der Waals surface area (Å²) in [7, 11) is 2.02. The second-order valence-electron chi connectivity index (χ2n) is 5.51. The molecule has 0 unspecified atom stereocenters. The fourth-order valence-corrected chi connectivity index (χ4v) is 2.75. The Hall–Kier alpha value is -2.66. The van der Waals surface area contributed by atoms with Crippen molar-refractivity contribution in [1.82, 2.24) is 18.9 Å². The summed E-state index contributed by atoms with van der Waals surface area (Å²) in [5.74, 6) is 0.995. The van der Waals surface area contributed by atoms with Crippen LogP contribution in [0.15, 0.2) is 42.7 Å². The van der Waals surface area contributed by atoms with Crippen LogP contribution in [0.1, 0.15) is 11.4 Å². The topological polar surface area (TPSA) is 55.4 Å². The van der Waals surface area contributed by atoms with Crippen molar-refractivity contribution in [1.29, 1.82) is 0 Å². The quantitative estimate of drug-likeness (QED) is 0.618. The lowest BCUT2D eigenvalue weighted by molar-refractivity contribution is 0.281. The van der Waals surface area contributed by atoms with Crippen LogP contribution in [0.3, 0.4) is 0 Å². The van der Waals surface area contributed by atoms with Crippen LogP contribution in [-0.2, 0) is 13.7 Å². The number of fused-ring (bicyclic) bond motifs is 2. The van der Waals surface area contributed by atoms with Crippen LogP contribution >= 0.6 is 0 Å². The molecule has 0 aliphatic rings. The zero-order valence-corrected chi connectivity index (χ0v) is 12.5. The summed E-state index contributed by atoms with van der Waals surface area (Å²) >= 11 is 0. The molecular weight excluding hydrogens is 276 g/mol. The highest BCUT2D eigenvalue weighted by molar-refractivity contribution is 5.82. The van der Waals surface area contributed by atoms with E-state index < -0.39 is 0 Å². The van der Waals surface area contributed by atoms with Crippen molar-refractivity contribution in [3.05, 3.63) is 54.1 Å². The molecule has 1 aromatic carbocycles. The Morgan fingerprint density at radius 2 is 1.95 bits per heavy atom. The Kier molecular flexibility index (Phi) is 2.77. The Balaban J connectivity index is 1.87. The van der Waals surface area contributed by atoms with Gasteiger partial charge in [0.2, 0.25) is 0 Å². The minimum absolute atomic E-state index is 0.0304. The zero-order chi connectivity index (χ0) is 15.3. The number of pyridine rings is 1. The second kappa shape index (κ2) is 4.68. The van der Waals surface area contributed by atoms with Gasteiger partial charge in [-0.1, -0.05) is 12.1 Å². The molecule has 4 rings (SSSR count). The maximum absolute atomic E-state index is 9.22. The first-order chi connectivity index (χ1) is 10.7. The monoisotopic (exact) mass is 292 g/mol. The third-order valence-corrected chi connectivity index (χ3v) is 4.10. The number of imidazole rings is 2. The van der Waals surface area contributed by atoms with Crippen LogP contribution in [0.25, 0.3) is 27.9 Å². The number of aliphatic hydroxyl groups excluding tert-OH is 1. The number of benzene rings is 1. The standard InChI is InChI=1S/C17H16N4O/c1-11-18-14-7-13(4-5-16(14)20(11)2)15-9-21-8-12(10-22)3-6-17(21)19-15/h3-9,22H,10H2,1-2H3. The van der Waals surface area contributed by atoms with Gasteiger partial charge in [0, 0.05) is 25.0 Å². The molecule has 0 spiro atoms. The number of nitrogens with zero attached hydrogens (tertiary/aromatic N) is 4. The van der Waals surface area contributed by atoms with Crippen molar-refractivity contribution in [3.8, 4) is 11.3 Å². The van der Waals surface area contributed by atoms with Gasteiger partial charge in [-0.25, -0.2) is 9.97 Å². The van der Waals surface area contributed by atoms with Crippen LogP contribution in [0, 0.1) is 6.92 Å². The van der Waals surface area contributed by atoms with Gasteiger partial charge in [-0.05, 0) is 30.7 Å². The Bertz CT molecular complexity index is 997. The SMILES string of the molecule is Cc1nc2cc(-c3cn4cc(CO)ccc4n3)ccc2n1C. The van der Waals surface area contributed by atoms with E-state index in [9.17, 15) is 5.11 Å². The summed E-state index contributed by atoms with van der Waals surface area (Å²) in [5.41, 5.74) is 5.77. The highest BCUT2D eigenvalue weighted by Gasteiger charge is 2.09. The van der Waals surface area contributed by atoms with Gasteiger partial charge >= 0.3 is 0 Å². The highest BCUT2D eigenvalue weighted by Crippen LogP contribution is 2.24. The molecule has 3 heterocycles. The smallest absolute Gasteiger partial charge is 0.137 e. The molecule has 5 nitrogen and oxygen atoms in total. The van der Waals surface area contributed by atoms with E-state index in [0.717, 1.165) is 39.3 Å². The first kappa shape index (κ1) is 13.0. The molecule has 0 fully saturated rings. The fourth-order valence-electron chi connectivity index (χ4n) is 2.75. The van der Waals surface area contributed by atoms with Gasteiger partial charge in [0.05, 0.1) is 23.3 Å². The molecule has 0 aliphatic carbocycles. The molecule has 0 saturated carbocycles. The number of aromatic nitrogens is 4. The van der Waals surface area contributed by atoms with Gasteiger partial charge in [-0.15, -0.1) is 0 Å². The van der Waals surface area contributed by atoms with Crippen molar-refractivity contribution >= 4 is 16.7 Å². The maximum atomic E-state index is 9.22. The molecule has 0 aliphatic heterocycles. The number of rotatable bonds is 2. The third-order valence-electron chi connectivity index (χ3n) is 4.10. The van der Waals surface area contributed by atoms with E-state index in [1.807, 2.05) is 42.9 Å². The van der Waals surface area contributed by atoms with Crippen molar-refractivity contribution < 1.29 is 5.11 Å². The van der Waals surface area contributed by atoms with E-state index >= 15 is 0 Å². The third kappa shape index (κ3) is 1.90. The van der Waals surface area contributed by atoms with Crippen molar-refractivity contribution in [3.63, 3.8) is 0 Å². The molecule has 22 heavy (non-hydrogen) atoms. The second-order valence-corrected chi connectivity index (χ2v) is 5.51. The molecule has 0 amide bonds. The predicted molar refractivity (Wildman–Crippen MR) is 85.6 cm³/mol. The first-order valence-electron chi connectivity index (χ1n) is 7.17. The van der Waals surface area contributed by atoms with Crippen LogP contribution in [0.2, 0.25) is 0 Å². The van der Waals surface area contributed by atoms with Gasteiger partial charge in [-0.3, -0.25) is 0 Å². The lowest BCUT2D eigenvalue weighted by atomic mass is 10.1. The van der Waals surface area contributed by atoms with Crippen molar-refractivity contribution in [2.75, 3.05) is 0 Å². The molecule has 5 heteroatoms. The lowest BCUT2D eigenvalue weighted by Crippen LogP contribution is -1.89. The molecule has 0 atom stereocenters. The molecule has 4 aromatic rings. The van der Waals surface area contributed by atoms with E-state index in [-0.39, 0.29) is 6.61 Å². The summed E-state index contributed by atoms with van der Waals surface area (Å²) in [6.07, 6.45) is 3.88. The van der Waals surface area contributed by atoms with Gasteiger partial charge in [0.25, 0.3) is 0 Å². The fraction of sp³-hybridized carbons (Fsp3) is 0.176. The summed E-state index contributed by atoms with van der Waals surface area (Å²) in [4.78, 5) is 9.22. The summed E-state index contributed by atoms with van der Waals surface area (Å²) in [6.45, 7) is 2.03. The molecule has 110 valence electrons. The van der Waals surface area contributed by atoms with Crippen LogP contribution in [0.5, 0.6) is 0 Å². The normalized spacial score (nSPS) is 11.6. The molecule has 0 radical (unpaired) electrons. The average Bonchev–Trinajstić information content (AvgIpc) is 3.08. The van der Waals surface area contributed by atoms with Crippen molar-refractivity contribution in [2.45, 2.75) is 13.5 Å². The molecule has 0 saturated heterocycles. The van der Waals surface area contributed by atoms with E-state index in [0.29, 0.717) is 0 Å². The molecular formula is C17H16N4O. The number of hydrogen-bond donors (Lipinski definition) is 1. The largest absolute Gasteiger partial charge is 0.392 e. The van der Waals surface area contributed by atoms with E-state index in [4.69, 9.17) is 0 Å². The minimum Gasteiger partial charge on any atom is -0.392 e. The number of hydrogen-bond acceptors (Lipinski definition) is 3. The van der Waals surface area contributed by atoms with Crippen LogP contribution in [0.4, 0.5) is 0 Å². The van der Waals surface area contributed by atoms with Gasteiger partial charge in [0.1, 0.15) is 11.5 Å².